The summed E-state index contributed by atoms with van der Waals surface area (Å²) in [7, 11) is 0. The maximum absolute atomic E-state index is 13.5. The highest BCUT2D eigenvalue weighted by molar-refractivity contribution is 7.22. The fourth-order valence-electron chi connectivity index (χ4n) is 3.84. The van der Waals surface area contributed by atoms with Gasteiger partial charge in [-0.1, -0.05) is 22.9 Å². The maximum atomic E-state index is 13.5. The van der Waals surface area contributed by atoms with Gasteiger partial charge in [-0.25, -0.2) is 4.98 Å². The summed E-state index contributed by atoms with van der Waals surface area (Å²) in [5, 5.41) is 5.89. The Kier molecular flexibility index (Phi) is 8.52. The minimum Gasteiger partial charge on any atom is -0.379 e. The molecule has 0 bridgehead atoms. The summed E-state index contributed by atoms with van der Waals surface area (Å²) in [5.41, 5.74) is 3.23. The quantitative estimate of drug-likeness (QED) is 0.478. The number of fused-ring (bicyclic) bond motifs is 1. The molecule has 3 heterocycles. The van der Waals surface area contributed by atoms with Gasteiger partial charge >= 0.3 is 0 Å². The summed E-state index contributed by atoms with van der Waals surface area (Å²) in [6.07, 6.45) is 0.856. The van der Waals surface area contributed by atoms with Gasteiger partial charge in [0.25, 0.3) is 5.91 Å². The Labute approximate surface area is 203 Å². The number of amides is 1. The van der Waals surface area contributed by atoms with Crippen molar-refractivity contribution in [3.8, 4) is 0 Å². The molecule has 1 aliphatic rings. The highest BCUT2D eigenvalue weighted by Gasteiger charge is 2.25. The number of aryl methyl sites for hydroxylation is 3. The number of rotatable bonds is 7. The molecular weight excluding hydrogens is 469 g/mol. The number of ether oxygens (including phenoxy) is 1. The molecular formula is C22H29Cl2N5O2S. The van der Waals surface area contributed by atoms with Crippen LogP contribution in [0.15, 0.2) is 18.2 Å². The molecule has 32 heavy (non-hydrogen) atoms. The average molecular weight is 498 g/mol. The molecule has 3 aromatic rings. The number of benzene rings is 1. The van der Waals surface area contributed by atoms with Gasteiger partial charge in [-0.2, -0.15) is 5.10 Å². The first kappa shape index (κ1) is 24.9. The average Bonchev–Trinajstić information content (AvgIpc) is 3.38. The number of morpholine rings is 1. The van der Waals surface area contributed by atoms with Gasteiger partial charge in [-0.05, 0) is 51.0 Å². The largest absolute Gasteiger partial charge is 0.379 e. The van der Waals surface area contributed by atoms with Crippen LogP contribution in [0.4, 0.5) is 5.13 Å². The van der Waals surface area contributed by atoms with Gasteiger partial charge in [0.2, 0.25) is 0 Å². The van der Waals surface area contributed by atoms with E-state index < -0.39 is 0 Å². The van der Waals surface area contributed by atoms with Gasteiger partial charge in [-0.15, -0.1) is 12.4 Å². The van der Waals surface area contributed by atoms with Crippen molar-refractivity contribution in [1.29, 1.82) is 0 Å². The van der Waals surface area contributed by atoms with E-state index in [1.165, 1.54) is 11.3 Å². The fourth-order valence-corrected chi connectivity index (χ4v) is 5.04. The van der Waals surface area contributed by atoms with E-state index in [0.717, 1.165) is 67.3 Å². The lowest BCUT2D eigenvalue weighted by Gasteiger charge is -2.27. The van der Waals surface area contributed by atoms with E-state index in [-0.39, 0.29) is 18.3 Å². The van der Waals surface area contributed by atoms with Crippen molar-refractivity contribution in [3.05, 3.63) is 40.2 Å². The van der Waals surface area contributed by atoms with Crippen LogP contribution in [0, 0.1) is 13.8 Å². The lowest BCUT2D eigenvalue weighted by Crippen LogP contribution is -2.39. The molecule has 0 spiro atoms. The standard InChI is InChI=1S/C22H28ClN5O2S.ClH/c1-4-28-15(2)14-18(25-28)21(29)27(9-5-8-26-10-12-30-13-11-26)22-24-20-16(3)17(23)6-7-19(20)31-22;/h6-7,14H,4-5,8-13H2,1-3H3;1H. The SMILES string of the molecule is CCn1nc(C(=O)N(CCCN2CCOCC2)c2nc3c(C)c(Cl)ccc3s2)cc1C.Cl. The molecule has 1 aromatic carbocycles. The number of halogens is 2. The Morgan fingerprint density at radius 1 is 1.28 bits per heavy atom. The molecule has 1 saturated heterocycles. The smallest absolute Gasteiger partial charge is 0.280 e. The van der Waals surface area contributed by atoms with Gasteiger partial charge in [-0.3, -0.25) is 19.3 Å². The van der Waals surface area contributed by atoms with E-state index >= 15 is 0 Å². The fraction of sp³-hybridized carbons (Fsp3) is 0.500. The molecule has 10 heteroatoms. The third kappa shape index (κ3) is 5.26. The molecule has 4 rings (SSSR count). The van der Waals surface area contributed by atoms with Crippen LogP contribution in [-0.2, 0) is 11.3 Å². The van der Waals surface area contributed by atoms with Crippen molar-refractivity contribution in [2.75, 3.05) is 44.3 Å². The van der Waals surface area contributed by atoms with Gasteiger partial charge in [0.1, 0.15) is 0 Å². The number of thiazole rings is 1. The Morgan fingerprint density at radius 3 is 2.72 bits per heavy atom. The lowest BCUT2D eigenvalue weighted by atomic mass is 10.2. The summed E-state index contributed by atoms with van der Waals surface area (Å²) in [4.78, 5) is 22.5. The number of carbonyl (C=O) groups is 1. The minimum atomic E-state index is -0.111. The summed E-state index contributed by atoms with van der Waals surface area (Å²) < 4.78 is 8.31. The van der Waals surface area contributed by atoms with Crippen LogP contribution >= 0.6 is 35.3 Å². The van der Waals surface area contributed by atoms with E-state index in [0.29, 0.717) is 22.4 Å². The maximum Gasteiger partial charge on any atom is 0.280 e. The van der Waals surface area contributed by atoms with Crippen LogP contribution in [0.5, 0.6) is 0 Å². The number of aromatic nitrogens is 3. The first-order valence-electron chi connectivity index (χ1n) is 10.7. The molecule has 174 valence electrons. The highest BCUT2D eigenvalue weighted by atomic mass is 35.5. The second kappa shape index (κ2) is 10.9. The van der Waals surface area contributed by atoms with Crippen LogP contribution in [0.1, 0.15) is 35.1 Å². The second-order valence-corrected chi connectivity index (χ2v) is 9.18. The van der Waals surface area contributed by atoms with Gasteiger partial charge < -0.3 is 4.74 Å². The molecule has 1 fully saturated rings. The second-order valence-electron chi connectivity index (χ2n) is 7.77. The van der Waals surface area contributed by atoms with E-state index in [1.807, 2.05) is 43.7 Å². The van der Waals surface area contributed by atoms with Crippen molar-refractivity contribution < 1.29 is 9.53 Å². The van der Waals surface area contributed by atoms with Crippen LogP contribution in [0.2, 0.25) is 5.02 Å². The van der Waals surface area contributed by atoms with E-state index in [1.54, 1.807) is 4.90 Å². The number of hydrogen-bond donors (Lipinski definition) is 0. The van der Waals surface area contributed by atoms with Crippen molar-refractivity contribution in [2.45, 2.75) is 33.7 Å². The molecule has 0 radical (unpaired) electrons. The van der Waals surface area contributed by atoms with Gasteiger partial charge in [0, 0.05) is 43.4 Å². The third-order valence-electron chi connectivity index (χ3n) is 5.67. The topological polar surface area (TPSA) is 63.5 Å². The van der Waals surface area contributed by atoms with Crippen LogP contribution < -0.4 is 4.90 Å². The zero-order valence-corrected chi connectivity index (χ0v) is 21.0. The molecule has 7 nitrogen and oxygen atoms in total. The Morgan fingerprint density at radius 2 is 2.03 bits per heavy atom. The monoisotopic (exact) mass is 497 g/mol. The molecule has 1 aliphatic heterocycles. The van der Waals surface area contributed by atoms with Crippen molar-refractivity contribution in [2.24, 2.45) is 0 Å². The Hall–Kier alpha value is -1.71. The number of carbonyl (C=O) groups excluding carboxylic acids is 1. The Balaban J connectivity index is 0.00000289. The number of hydrogen-bond acceptors (Lipinski definition) is 6. The van der Waals surface area contributed by atoms with Gasteiger partial charge in [0.15, 0.2) is 10.8 Å². The third-order valence-corrected chi connectivity index (χ3v) is 7.13. The van der Waals surface area contributed by atoms with Crippen LogP contribution in [0.25, 0.3) is 10.2 Å². The molecule has 2 aromatic heterocycles. The normalized spacial score (nSPS) is 14.5. The Bertz CT molecular complexity index is 1080. The van der Waals surface area contributed by atoms with Crippen molar-refractivity contribution in [3.63, 3.8) is 0 Å². The summed E-state index contributed by atoms with van der Waals surface area (Å²) in [5.74, 6) is -0.111. The predicted octanol–water partition coefficient (Wildman–Crippen LogP) is 4.57. The summed E-state index contributed by atoms with van der Waals surface area (Å²) in [6.45, 7) is 11.6. The van der Waals surface area contributed by atoms with E-state index in [9.17, 15) is 4.79 Å². The van der Waals surface area contributed by atoms with Crippen molar-refractivity contribution >= 4 is 56.6 Å². The summed E-state index contributed by atoms with van der Waals surface area (Å²) in [6, 6.07) is 5.71. The zero-order chi connectivity index (χ0) is 22.0. The van der Waals surface area contributed by atoms with Crippen LogP contribution in [-0.4, -0.2) is 65.0 Å². The lowest BCUT2D eigenvalue weighted by molar-refractivity contribution is 0.0376. The minimum absolute atomic E-state index is 0. The zero-order valence-electron chi connectivity index (χ0n) is 18.6. The van der Waals surface area contributed by atoms with Crippen molar-refractivity contribution in [1.82, 2.24) is 19.7 Å². The van der Waals surface area contributed by atoms with Crippen LogP contribution in [0.3, 0.4) is 0 Å². The molecule has 1 amide bonds. The van der Waals surface area contributed by atoms with Gasteiger partial charge in [0.05, 0.1) is 23.4 Å². The summed E-state index contributed by atoms with van der Waals surface area (Å²) >= 11 is 7.82. The number of anilines is 1. The molecule has 0 unspecified atom stereocenters. The highest BCUT2D eigenvalue weighted by Crippen LogP contribution is 2.34. The number of nitrogens with zero attached hydrogens (tertiary/aromatic N) is 5. The molecule has 0 saturated carbocycles. The molecule has 0 N–H and O–H groups in total. The predicted molar refractivity (Wildman–Crippen MR) is 133 cm³/mol. The van der Waals surface area contributed by atoms with E-state index in [4.69, 9.17) is 21.3 Å². The van der Waals surface area contributed by atoms with E-state index in [2.05, 4.69) is 10.00 Å². The first-order valence-corrected chi connectivity index (χ1v) is 11.9. The molecule has 0 aliphatic carbocycles. The first-order chi connectivity index (χ1) is 15.0. The molecule has 0 atom stereocenters.